The SMILES string of the molecule is CC1(Cc2cc(F)cc(F)c2)C(=O)Nc2c(-c3ncccn3)cc(-c3ccc(F)c(Cl)c3)cc21. The van der Waals surface area contributed by atoms with E-state index in [9.17, 15) is 18.0 Å². The molecule has 1 aliphatic heterocycles. The highest BCUT2D eigenvalue weighted by molar-refractivity contribution is 6.31. The monoisotopic (exact) mass is 479 g/mol. The van der Waals surface area contributed by atoms with E-state index in [1.807, 2.05) is 0 Å². The Morgan fingerprint density at radius 3 is 2.32 bits per heavy atom. The molecular weight excluding hydrogens is 463 g/mol. The van der Waals surface area contributed by atoms with Gasteiger partial charge < -0.3 is 5.32 Å². The minimum atomic E-state index is -1.14. The van der Waals surface area contributed by atoms with E-state index in [4.69, 9.17) is 11.6 Å². The van der Waals surface area contributed by atoms with Gasteiger partial charge in [0, 0.05) is 24.0 Å². The number of benzene rings is 3. The third-order valence-corrected chi connectivity index (χ3v) is 6.30. The second-order valence-electron chi connectivity index (χ2n) is 8.39. The van der Waals surface area contributed by atoms with Crippen LogP contribution in [0.4, 0.5) is 18.9 Å². The maximum atomic E-state index is 13.9. The number of hydrogen-bond donors (Lipinski definition) is 1. The molecule has 1 atom stereocenters. The van der Waals surface area contributed by atoms with Crippen LogP contribution >= 0.6 is 11.6 Å². The third-order valence-electron chi connectivity index (χ3n) is 6.01. The summed E-state index contributed by atoms with van der Waals surface area (Å²) in [6, 6.07) is 12.8. The van der Waals surface area contributed by atoms with E-state index < -0.39 is 22.9 Å². The summed E-state index contributed by atoms with van der Waals surface area (Å²) in [6.45, 7) is 1.72. The first kappa shape index (κ1) is 22.1. The van der Waals surface area contributed by atoms with E-state index in [-0.39, 0.29) is 17.4 Å². The quantitative estimate of drug-likeness (QED) is 0.372. The molecule has 5 rings (SSSR count). The maximum Gasteiger partial charge on any atom is 0.235 e. The number of fused-ring (bicyclic) bond motifs is 1. The van der Waals surface area contributed by atoms with Crippen LogP contribution in [0.5, 0.6) is 0 Å². The lowest BCUT2D eigenvalue weighted by atomic mass is 9.77. The van der Waals surface area contributed by atoms with Gasteiger partial charge in [-0.15, -0.1) is 0 Å². The smallest absolute Gasteiger partial charge is 0.235 e. The fraction of sp³-hybridized carbons (Fsp3) is 0.115. The van der Waals surface area contributed by atoms with Crippen LogP contribution in [0.3, 0.4) is 0 Å². The lowest BCUT2D eigenvalue weighted by Gasteiger charge is -2.23. The molecule has 4 nitrogen and oxygen atoms in total. The summed E-state index contributed by atoms with van der Waals surface area (Å²) in [5.41, 5.74) is 2.20. The van der Waals surface area contributed by atoms with Gasteiger partial charge in [-0.1, -0.05) is 17.7 Å². The Morgan fingerprint density at radius 2 is 1.65 bits per heavy atom. The number of carbonyl (C=O) groups is 1. The lowest BCUT2D eigenvalue weighted by molar-refractivity contribution is -0.120. The fourth-order valence-corrected chi connectivity index (χ4v) is 4.52. The Balaban J connectivity index is 1.72. The van der Waals surface area contributed by atoms with Gasteiger partial charge in [-0.25, -0.2) is 23.1 Å². The van der Waals surface area contributed by atoms with Crippen LogP contribution in [0.2, 0.25) is 5.02 Å². The van der Waals surface area contributed by atoms with Crippen LogP contribution in [-0.4, -0.2) is 15.9 Å². The molecular formula is C26H17ClF3N3O. The predicted octanol–water partition coefficient (Wildman–Crippen LogP) is 6.33. The average molecular weight is 480 g/mol. The maximum absolute atomic E-state index is 13.9. The summed E-state index contributed by atoms with van der Waals surface area (Å²) in [4.78, 5) is 21.9. The molecule has 1 amide bonds. The molecule has 0 saturated heterocycles. The van der Waals surface area contributed by atoms with Crippen LogP contribution in [-0.2, 0) is 16.6 Å². The molecule has 1 aliphatic rings. The van der Waals surface area contributed by atoms with Crippen molar-refractivity contribution in [1.29, 1.82) is 0 Å². The molecule has 1 unspecified atom stereocenters. The molecule has 0 aliphatic carbocycles. The van der Waals surface area contributed by atoms with E-state index in [1.165, 1.54) is 24.3 Å². The van der Waals surface area contributed by atoms with E-state index in [1.54, 1.807) is 43.6 Å². The molecule has 170 valence electrons. The molecule has 0 bridgehead atoms. The Morgan fingerprint density at radius 1 is 0.941 bits per heavy atom. The minimum absolute atomic E-state index is 0.0392. The number of amides is 1. The molecule has 1 aromatic heterocycles. The number of carbonyl (C=O) groups excluding carboxylic acids is 1. The first-order valence-electron chi connectivity index (χ1n) is 10.4. The van der Waals surface area contributed by atoms with Crippen molar-refractivity contribution in [2.75, 3.05) is 5.32 Å². The molecule has 34 heavy (non-hydrogen) atoms. The molecule has 0 spiro atoms. The zero-order valence-corrected chi connectivity index (χ0v) is 18.6. The first-order valence-corrected chi connectivity index (χ1v) is 10.8. The Labute approximate surface area is 198 Å². The van der Waals surface area contributed by atoms with Crippen LogP contribution < -0.4 is 5.32 Å². The number of halogens is 4. The summed E-state index contributed by atoms with van der Waals surface area (Å²) in [7, 11) is 0. The molecule has 2 heterocycles. The van der Waals surface area contributed by atoms with Gasteiger partial charge in [0.2, 0.25) is 5.91 Å². The largest absolute Gasteiger partial charge is 0.324 e. The standard InChI is InChI=1S/C26H17ClF3N3O/c1-26(13-14-7-17(28)12-18(29)8-14)20-10-16(15-3-4-22(30)21(27)11-15)9-19(23(20)33-25(26)34)24-31-5-2-6-32-24/h2-12H,13H2,1H3,(H,33,34). The highest BCUT2D eigenvalue weighted by Gasteiger charge is 2.44. The summed E-state index contributed by atoms with van der Waals surface area (Å²) in [5, 5.41) is 2.87. The molecule has 0 saturated carbocycles. The van der Waals surface area contributed by atoms with Gasteiger partial charge in [-0.3, -0.25) is 4.79 Å². The molecule has 0 radical (unpaired) electrons. The van der Waals surface area contributed by atoms with Crippen LogP contribution in [0.15, 0.2) is 67.0 Å². The number of nitrogens with one attached hydrogen (secondary N) is 1. The highest BCUT2D eigenvalue weighted by Crippen LogP contribution is 2.47. The van der Waals surface area contributed by atoms with Crippen molar-refractivity contribution in [3.63, 3.8) is 0 Å². The third kappa shape index (κ3) is 3.82. The zero-order valence-electron chi connectivity index (χ0n) is 17.9. The summed E-state index contributed by atoms with van der Waals surface area (Å²) in [6.07, 6.45) is 3.23. The number of anilines is 1. The van der Waals surface area contributed by atoms with E-state index >= 15 is 0 Å². The van der Waals surface area contributed by atoms with Gasteiger partial charge in [-0.05, 0) is 78.1 Å². The van der Waals surface area contributed by atoms with Crippen molar-refractivity contribution in [1.82, 2.24) is 9.97 Å². The van der Waals surface area contributed by atoms with Gasteiger partial charge >= 0.3 is 0 Å². The van der Waals surface area contributed by atoms with Crippen molar-refractivity contribution in [3.8, 4) is 22.5 Å². The Bertz CT molecular complexity index is 1420. The van der Waals surface area contributed by atoms with Crippen molar-refractivity contribution in [2.24, 2.45) is 0 Å². The molecule has 3 aromatic carbocycles. The van der Waals surface area contributed by atoms with Crippen molar-refractivity contribution in [2.45, 2.75) is 18.8 Å². The van der Waals surface area contributed by atoms with E-state index in [2.05, 4.69) is 15.3 Å². The Hall–Kier alpha value is -3.71. The second kappa shape index (κ2) is 8.25. The van der Waals surface area contributed by atoms with Crippen molar-refractivity contribution >= 4 is 23.2 Å². The van der Waals surface area contributed by atoms with E-state index in [0.29, 0.717) is 39.3 Å². The zero-order chi connectivity index (χ0) is 24.0. The van der Waals surface area contributed by atoms with Gasteiger partial charge in [0.1, 0.15) is 17.5 Å². The topological polar surface area (TPSA) is 54.9 Å². The van der Waals surface area contributed by atoms with Crippen LogP contribution in [0.25, 0.3) is 22.5 Å². The molecule has 4 aromatic rings. The summed E-state index contributed by atoms with van der Waals surface area (Å²) in [5.74, 6) is -1.92. The fourth-order valence-electron chi connectivity index (χ4n) is 4.34. The number of aromatic nitrogens is 2. The second-order valence-corrected chi connectivity index (χ2v) is 8.80. The minimum Gasteiger partial charge on any atom is -0.324 e. The highest BCUT2D eigenvalue weighted by atomic mass is 35.5. The van der Waals surface area contributed by atoms with Crippen LogP contribution in [0.1, 0.15) is 18.1 Å². The molecule has 1 N–H and O–H groups in total. The number of rotatable bonds is 4. The van der Waals surface area contributed by atoms with Crippen LogP contribution in [0, 0.1) is 17.5 Å². The average Bonchev–Trinajstić information content (AvgIpc) is 3.04. The number of hydrogen-bond acceptors (Lipinski definition) is 3. The summed E-state index contributed by atoms with van der Waals surface area (Å²) < 4.78 is 41.5. The number of nitrogens with zero attached hydrogens (tertiary/aromatic N) is 2. The molecule has 8 heteroatoms. The normalized spacial score (nSPS) is 16.9. The first-order chi connectivity index (χ1) is 16.2. The predicted molar refractivity (Wildman–Crippen MR) is 124 cm³/mol. The van der Waals surface area contributed by atoms with Gasteiger partial charge in [0.25, 0.3) is 0 Å². The lowest BCUT2D eigenvalue weighted by Crippen LogP contribution is -2.33. The van der Waals surface area contributed by atoms with Gasteiger partial charge in [0.15, 0.2) is 5.82 Å². The van der Waals surface area contributed by atoms with Gasteiger partial charge in [-0.2, -0.15) is 0 Å². The Kier molecular flexibility index (Phi) is 5.37. The molecule has 0 fully saturated rings. The van der Waals surface area contributed by atoms with E-state index in [0.717, 1.165) is 6.07 Å². The summed E-state index contributed by atoms with van der Waals surface area (Å²) >= 11 is 6.02. The van der Waals surface area contributed by atoms with Crippen molar-refractivity contribution in [3.05, 3.63) is 101 Å². The van der Waals surface area contributed by atoms with Crippen molar-refractivity contribution < 1.29 is 18.0 Å². The van der Waals surface area contributed by atoms with Gasteiger partial charge in [0.05, 0.1) is 16.1 Å².